The molecule has 0 unspecified atom stereocenters. The van der Waals surface area contributed by atoms with Crippen molar-refractivity contribution in [2.45, 2.75) is 31.3 Å². The molecule has 2 aliphatic rings. The van der Waals surface area contributed by atoms with Crippen molar-refractivity contribution in [2.24, 2.45) is 0 Å². The van der Waals surface area contributed by atoms with E-state index in [4.69, 9.17) is 0 Å². The zero-order chi connectivity index (χ0) is 16.7. The van der Waals surface area contributed by atoms with Crippen molar-refractivity contribution in [1.82, 2.24) is 4.98 Å². The molecule has 1 fully saturated rings. The van der Waals surface area contributed by atoms with Crippen LogP contribution in [0.1, 0.15) is 29.7 Å². The minimum Gasteiger partial charge on any atom is -0.353 e. The van der Waals surface area contributed by atoms with Gasteiger partial charge in [0.2, 0.25) is 0 Å². The highest BCUT2D eigenvalue weighted by atomic mass is 15.2. The first-order valence-corrected chi connectivity index (χ1v) is 9.66. The summed E-state index contributed by atoms with van der Waals surface area (Å²) >= 11 is 0. The summed E-state index contributed by atoms with van der Waals surface area (Å²) < 4.78 is 0. The molecule has 3 heteroatoms. The highest BCUT2D eigenvalue weighted by molar-refractivity contribution is 5.85. The van der Waals surface area contributed by atoms with Crippen LogP contribution in [0, 0.1) is 0 Å². The van der Waals surface area contributed by atoms with Gasteiger partial charge < -0.3 is 15.2 Å². The van der Waals surface area contributed by atoms with E-state index >= 15 is 0 Å². The third kappa shape index (κ3) is 2.59. The maximum Gasteiger partial charge on any atom is 0.148 e. The number of H-pyrrole nitrogens is 1. The fraction of sp³-hybridized carbons (Fsp3) is 0.364. The molecule has 128 valence electrons. The maximum absolute atomic E-state index is 3.80. The average molecular weight is 333 g/mol. The normalized spacial score (nSPS) is 26.0. The van der Waals surface area contributed by atoms with E-state index in [0.717, 1.165) is 6.54 Å². The zero-order valence-electron chi connectivity index (χ0n) is 14.7. The van der Waals surface area contributed by atoms with Crippen LogP contribution in [0.15, 0.2) is 54.6 Å². The predicted octanol–water partition coefficient (Wildman–Crippen LogP) is 1.36. The molecular formula is C22H27N3+2. The molecule has 0 bridgehead atoms. The van der Waals surface area contributed by atoms with Crippen LogP contribution in [0.4, 0.5) is 0 Å². The number of piperidine rings is 1. The third-order valence-electron chi connectivity index (χ3n) is 6.39. The van der Waals surface area contributed by atoms with Gasteiger partial charge in [0.1, 0.15) is 12.1 Å². The molecule has 25 heavy (non-hydrogen) atoms. The molecule has 0 aliphatic carbocycles. The summed E-state index contributed by atoms with van der Waals surface area (Å²) in [5.41, 5.74) is 6.18. The number of aromatic nitrogens is 1. The number of hydrogen-bond donors (Lipinski definition) is 3. The van der Waals surface area contributed by atoms with Crippen LogP contribution in [0.25, 0.3) is 10.9 Å². The van der Waals surface area contributed by atoms with E-state index in [0.29, 0.717) is 0 Å². The summed E-state index contributed by atoms with van der Waals surface area (Å²) in [4.78, 5) is 5.53. The van der Waals surface area contributed by atoms with Crippen LogP contribution >= 0.6 is 0 Å². The number of aromatic amines is 1. The minimum atomic E-state index is 0.285. The molecule has 2 aliphatic heterocycles. The van der Waals surface area contributed by atoms with Gasteiger partial charge in [0.05, 0.1) is 38.2 Å². The van der Waals surface area contributed by atoms with Crippen molar-refractivity contribution in [3.63, 3.8) is 0 Å². The summed E-state index contributed by atoms with van der Waals surface area (Å²) in [6.45, 7) is 4.92. The number of rotatable bonds is 2. The Labute approximate surface area is 149 Å². The third-order valence-corrected chi connectivity index (χ3v) is 6.39. The molecule has 0 atom stereocenters. The first-order valence-electron chi connectivity index (χ1n) is 9.66. The number of benzene rings is 2. The molecule has 3 nitrogen and oxygen atoms in total. The molecule has 1 saturated heterocycles. The molecule has 0 radical (unpaired) electrons. The Morgan fingerprint density at radius 3 is 2.56 bits per heavy atom. The monoisotopic (exact) mass is 333 g/mol. The largest absolute Gasteiger partial charge is 0.353 e. The van der Waals surface area contributed by atoms with Crippen molar-refractivity contribution in [3.05, 3.63) is 71.4 Å². The Hall–Kier alpha value is -2.10. The van der Waals surface area contributed by atoms with E-state index < -0.39 is 0 Å². The van der Waals surface area contributed by atoms with Crippen molar-refractivity contribution >= 4 is 10.9 Å². The van der Waals surface area contributed by atoms with Gasteiger partial charge >= 0.3 is 0 Å². The fourth-order valence-electron chi connectivity index (χ4n) is 5.04. The smallest absolute Gasteiger partial charge is 0.148 e. The van der Waals surface area contributed by atoms with E-state index in [2.05, 4.69) is 64.9 Å². The van der Waals surface area contributed by atoms with Crippen LogP contribution in [0.3, 0.4) is 0 Å². The number of fused-ring (bicyclic) bond motifs is 4. The van der Waals surface area contributed by atoms with Gasteiger partial charge in [0.15, 0.2) is 0 Å². The van der Waals surface area contributed by atoms with Gasteiger partial charge in [-0.25, -0.2) is 0 Å². The lowest BCUT2D eigenvalue weighted by Gasteiger charge is -2.40. The first kappa shape index (κ1) is 15.2. The lowest BCUT2D eigenvalue weighted by Crippen LogP contribution is -3.14. The zero-order valence-corrected chi connectivity index (χ0v) is 14.7. The Balaban J connectivity index is 1.40. The topological polar surface area (TPSA) is 36.8 Å². The Bertz CT molecular complexity index is 873. The van der Waals surface area contributed by atoms with Gasteiger partial charge in [-0.1, -0.05) is 48.5 Å². The lowest BCUT2D eigenvalue weighted by atomic mass is 9.79. The second-order valence-corrected chi connectivity index (χ2v) is 7.84. The van der Waals surface area contributed by atoms with Crippen LogP contribution in [-0.2, 0) is 18.5 Å². The van der Waals surface area contributed by atoms with E-state index in [1.807, 2.05) is 0 Å². The summed E-state index contributed by atoms with van der Waals surface area (Å²) in [6.07, 6.45) is 3.74. The Morgan fingerprint density at radius 1 is 0.960 bits per heavy atom. The first-order chi connectivity index (χ1) is 12.3. The number of likely N-dealkylation sites (tertiary alicyclic amines) is 1. The van der Waals surface area contributed by atoms with Gasteiger partial charge in [0.25, 0.3) is 0 Å². The van der Waals surface area contributed by atoms with Crippen LogP contribution < -0.4 is 10.2 Å². The van der Waals surface area contributed by atoms with Crippen molar-refractivity contribution < 1.29 is 10.2 Å². The van der Waals surface area contributed by atoms with Gasteiger partial charge in [0, 0.05) is 22.9 Å². The van der Waals surface area contributed by atoms with Gasteiger partial charge in [-0.2, -0.15) is 0 Å². The van der Waals surface area contributed by atoms with E-state index in [1.165, 1.54) is 61.1 Å². The fourth-order valence-corrected chi connectivity index (χ4v) is 5.04. The maximum atomic E-state index is 3.80. The predicted molar refractivity (Wildman–Crippen MR) is 101 cm³/mol. The number of nitrogens with two attached hydrogens (primary N) is 1. The molecule has 2 aromatic carbocycles. The van der Waals surface area contributed by atoms with Gasteiger partial charge in [-0.3, -0.25) is 0 Å². The summed E-state index contributed by atoms with van der Waals surface area (Å²) in [5.74, 6) is 0. The van der Waals surface area contributed by atoms with Gasteiger partial charge in [-0.15, -0.1) is 0 Å². The van der Waals surface area contributed by atoms with Crippen LogP contribution in [-0.4, -0.2) is 24.6 Å². The highest BCUT2D eigenvalue weighted by Crippen LogP contribution is 2.34. The SMILES string of the molecule is c1ccc(C[NH+]2CCC3(CC2)[NH2+]CCc2c3[nH]c3ccccc23)cc1. The second-order valence-electron chi connectivity index (χ2n) is 7.84. The molecule has 1 aromatic heterocycles. The van der Waals surface area contributed by atoms with Crippen LogP contribution in [0.5, 0.6) is 0 Å². The number of nitrogens with one attached hydrogen (secondary N) is 2. The van der Waals surface area contributed by atoms with Crippen molar-refractivity contribution in [2.75, 3.05) is 19.6 Å². The Kier molecular flexibility index (Phi) is 3.65. The minimum absolute atomic E-state index is 0.285. The standard InChI is InChI=1S/C22H25N3/c1-2-6-17(7-3-1)16-25-14-11-22(12-15-25)21-19(10-13-23-22)18-8-4-5-9-20(18)24-21/h1-9,23-24H,10-16H2/p+2. The molecule has 3 heterocycles. The summed E-state index contributed by atoms with van der Waals surface area (Å²) in [7, 11) is 0. The van der Waals surface area contributed by atoms with Crippen LogP contribution in [0.2, 0.25) is 0 Å². The number of hydrogen-bond acceptors (Lipinski definition) is 0. The molecular weight excluding hydrogens is 306 g/mol. The Morgan fingerprint density at radius 2 is 1.72 bits per heavy atom. The molecule has 3 aromatic rings. The molecule has 0 amide bonds. The van der Waals surface area contributed by atoms with Crippen molar-refractivity contribution in [1.29, 1.82) is 0 Å². The number of para-hydroxylation sites is 1. The van der Waals surface area contributed by atoms with Crippen molar-refractivity contribution in [3.8, 4) is 0 Å². The average Bonchev–Trinajstić information content (AvgIpc) is 3.05. The summed E-state index contributed by atoms with van der Waals surface area (Å²) in [5, 5.41) is 4.08. The number of quaternary nitrogens is 2. The quantitative estimate of drug-likeness (QED) is 0.634. The van der Waals surface area contributed by atoms with E-state index in [9.17, 15) is 0 Å². The van der Waals surface area contributed by atoms with Gasteiger partial charge in [-0.05, 0) is 11.6 Å². The molecule has 1 spiro atoms. The molecule has 4 N–H and O–H groups in total. The second kappa shape index (κ2) is 6.01. The summed E-state index contributed by atoms with van der Waals surface area (Å²) in [6, 6.07) is 19.8. The van der Waals surface area contributed by atoms with E-state index in [1.54, 1.807) is 10.5 Å². The molecule has 0 saturated carbocycles. The highest BCUT2D eigenvalue weighted by Gasteiger charge is 2.46. The van der Waals surface area contributed by atoms with E-state index in [-0.39, 0.29) is 5.54 Å². The molecule has 5 rings (SSSR count). The lowest BCUT2D eigenvalue weighted by molar-refractivity contribution is -0.931.